The Balaban J connectivity index is 1.78. The van der Waals surface area contributed by atoms with Crippen molar-refractivity contribution in [3.8, 4) is 5.75 Å². The minimum absolute atomic E-state index is 0.115. The Kier molecular flexibility index (Phi) is 14.1. The topological polar surface area (TPSA) is 198 Å². The predicted octanol–water partition coefficient (Wildman–Crippen LogP) is 2.76. The van der Waals surface area contributed by atoms with E-state index in [1.54, 1.807) is 34.6 Å². The molecular weight excluding hydrogens is 608 g/mol. The summed E-state index contributed by atoms with van der Waals surface area (Å²) >= 11 is 0. The third kappa shape index (κ3) is 13.9. The zero-order valence-corrected chi connectivity index (χ0v) is 26.9. The fourth-order valence-corrected chi connectivity index (χ4v) is 5.64. The first-order valence-electron chi connectivity index (χ1n) is 14.2. The maximum atomic E-state index is 13.1. The molecule has 2 aromatic rings. The number of carbonyl (C=O) groups is 4. The molecule has 14 nitrogen and oxygen atoms in total. The van der Waals surface area contributed by atoms with Crippen molar-refractivity contribution in [3.63, 3.8) is 0 Å². The number of aryl methyl sites for hydroxylation is 2. The van der Waals surface area contributed by atoms with Crippen LogP contribution in [0.4, 0.5) is 9.59 Å². The average molecular weight is 651 g/mol. The van der Waals surface area contributed by atoms with E-state index in [-0.39, 0.29) is 43.5 Å². The van der Waals surface area contributed by atoms with Crippen LogP contribution in [0.1, 0.15) is 50.3 Å². The first kappa shape index (κ1) is 36.8. The highest BCUT2D eigenvalue weighted by atomic mass is 32.2. The maximum absolute atomic E-state index is 13.1. The predicted molar refractivity (Wildman–Crippen MR) is 164 cm³/mol. The van der Waals surface area contributed by atoms with Crippen LogP contribution in [0.15, 0.2) is 47.4 Å². The second-order valence-corrected chi connectivity index (χ2v) is 12.7. The quantitative estimate of drug-likeness (QED) is 0.168. The zero-order chi connectivity index (χ0) is 33.6. The van der Waals surface area contributed by atoms with E-state index in [0.29, 0.717) is 23.3 Å². The summed E-state index contributed by atoms with van der Waals surface area (Å²) < 4.78 is 44.2. The van der Waals surface area contributed by atoms with Crippen molar-refractivity contribution < 1.29 is 46.9 Å². The highest BCUT2D eigenvalue weighted by Crippen LogP contribution is 2.26. The lowest BCUT2D eigenvalue weighted by Gasteiger charge is -2.21. The van der Waals surface area contributed by atoms with Crippen LogP contribution >= 0.6 is 0 Å². The zero-order valence-electron chi connectivity index (χ0n) is 26.1. The van der Waals surface area contributed by atoms with Gasteiger partial charge in [0.25, 0.3) is 0 Å². The number of carboxylic acids is 1. The van der Waals surface area contributed by atoms with Crippen LogP contribution in [0, 0.1) is 13.8 Å². The van der Waals surface area contributed by atoms with E-state index < -0.39 is 46.4 Å². The molecule has 1 unspecified atom stereocenters. The molecule has 0 aliphatic heterocycles. The standard InChI is InChI=1S/C30H42N4O10S/c1-20-16-23(42-15-9-12-25(35)31-13-14-32-28(38)43-19-22-10-7-6-8-11-22)17-21(2)26(20)45(40,41)34-24(27(36)37)18-33-29(39)44-30(3,4)5/h6-8,10-11,16-17,24,34H,9,12-15,18-19H2,1-5H3,(H,31,35)(H,32,38)(H,33,39)(H,36,37). The normalized spacial score (nSPS) is 12.0. The summed E-state index contributed by atoms with van der Waals surface area (Å²) in [6, 6.07) is 10.6. The van der Waals surface area contributed by atoms with Crippen molar-refractivity contribution in [1.82, 2.24) is 20.7 Å². The molecule has 0 saturated carbocycles. The Labute approximate surface area is 263 Å². The molecule has 15 heteroatoms. The number of alkyl carbamates (subject to hydrolysis) is 2. The fraction of sp³-hybridized carbons (Fsp3) is 0.467. The number of carbonyl (C=O) groups excluding carboxylic acids is 3. The molecule has 3 amide bonds. The lowest BCUT2D eigenvalue weighted by molar-refractivity contribution is -0.138. The number of benzene rings is 2. The SMILES string of the molecule is Cc1cc(OCCCC(=O)NCCNC(=O)OCc2ccccc2)cc(C)c1S(=O)(=O)NC(CNC(=O)OC(C)(C)C)C(=O)O. The van der Waals surface area contributed by atoms with E-state index >= 15 is 0 Å². The Morgan fingerprint density at radius 1 is 0.911 bits per heavy atom. The molecule has 0 fully saturated rings. The molecule has 0 bridgehead atoms. The number of amides is 3. The van der Waals surface area contributed by atoms with E-state index in [1.165, 1.54) is 12.1 Å². The van der Waals surface area contributed by atoms with Crippen LogP contribution in [0.25, 0.3) is 0 Å². The van der Waals surface area contributed by atoms with Crippen molar-refractivity contribution in [3.05, 3.63) is 59.2 Å². The van der Waals surface area contributed by atoms with Crippen molar-refractivity contribution >= 4 is 34.1 Å². The van der Waals surface area contributed by atoms with Gasteiger partial charge < -0.3 is 35.3 Å². The number of aliphatic carboxylic acids is 1. The molecule has 2 aromatic carbocycles. The molecule has 45 heavy (non-hydrogen) atoms. The van der Waals surface area contributed by atoms with E-state index in [1.807, 2.05) is 30.3 Å². The molecule has 0 aromatic heterocycles. The maximum Gasteiger partial charge on any atom is 0.407 e. The van der Waals surface area contributed by atoms with Gasteiger partial charge in [-0.25, -0.2) is 18.0 Å². The number of nitrogens with one attached hydrogen (secondary N) is 4. The molecule has 0 spiro atoms. The van der Waals surface area contributed by atoms with Crippen LogP contribution in [0.5, 0.6) is 5.75 Å². The third-order valence-electron chi connectivity index (χ3n) is 5.89. The van der Waals surface area contributed by atoms with Gasteiger partial charge in [0.15, 0.2) is 0 Å². The molecule has 0 saturated heterocycles. The van der Waals surface area contributed by atoms with Gasteiger partial charge in [0.05, 0.1) is 11.5 Å². The van der Waals surface area contributed by atoms with E-state index in [2.05, 4.69) is 20.7 Å². The molecule has 0 aliphatic rings. The van der Waals surface area contributed by atoms with Gasteiger partial charge in [-0.2, -0.15) is 4.72 Å². The van der Waals surface area contributed by atoms with Gasteiger partial charge in [-0.1, -0.05) is 30.3 Å². The lowest BCUT2D eigenvalue weighted by atomic mass is 10.1. The van der Waals surface area contributed by atoms with Gasteiger partial charge >= 0.3 is 18.2 Å². The summed E-state index contributed by atoms with van der Waals surface area (Å²) in [5.41, 5.74) is 0.678. The van der Waals surface area contributed by atoms with Crippen LogP contribution < -0.4 is 25.4 Å². The van der Waals surface area contributed by atoms with Gasteiger partial charge in [0.2, 0.25) is 15.9 Å². The molecule has 1 atom stereocenters. The second kappa shape index (κ2) is 17.2. The van der Waals surface area contributed by atoms with Crippen LogP contribution in [0.3, 0.4) is 0 Å². The van der Waals surface area contributed by atoms with Gasteiger partial charge in [-0.3, -0.25) is 9.59 Å². The smallest absolute Gasteiger partial charge is 0.407 e. The Morgan fingerprint density at radius 3 is 2.13 bits per heavy atom. The summed E-state index contributed by atoms with van der Waals surface area (Å²) in [6.45, 7) is 8.21. The van der Waals surface area contributed by atoms with Gasteiger partial charge in [0, 0.05) is 26.1 Å². The Morgan fingerprint density at radius 2 is 1.53 bits per heavy atom. The number of ether oxygens (including phenoxy) is 3. The minimum Gasteiger partial charge on any atom is -0.494 e. The van der Waals surface area contributed by atoms with Crippen LogP contribution in [0.2, 0.25) is 0 Å². The fourth-order valence-electron chi connectivity index (χ4n) is 3.99. The molecule has 0 heterocycles. The summed E-state index contributed by atoms with van der Waals surface area (Å²) in [7, 11) is -4.30. The van der Waals surface area contributed by atoms with Gasteiger partial charge in [-0.15, -0.1) is 0 Å². The van der Waals surface area contributed by atoms with E-state index in [9.17, 15) is 32.7 Å². The first-order valence-corrected chi connectivity index (χ1v) is 15.7. The number of sulfonamides is 1. The van der Waals surface area contributed by atoms with Crippen molar-refractivity contribution in [2.75, 3.05) is 26.2 Å². The first-order chi connectivity index (χ1) is 21.1. The van der Waals surface area contributed by atoms with E-state index in [0.717, 1.165) is 5.56 Å². The van der Waals surface area contributed by atoms with Gasteiger partial charge in [-0.05, 0) is 69.9 Å². The number of rotatable bonds is 16. The molecule has 0 aliphatic carbocycles. The second-order valence-electron chi connectivity index (χ2n) is 11.1. The van der Waals surface area contributed by atoms with E-state index in [4.69, 9.17) is 14.2 Å². The summed E-state index contributed by atoms with van der Waals surface area (Å²) in [5, 5.41) is 17.0. The lowest BCUT2D eigenvalue weighted by Crippen LogP contribution is -2.49. The largest absolute Gasteiger partial charge is 0.494 e. The third-order valence-corrected chi connectivity index (χ3v) is 7.67. The summed E-state index contributed by atoms with van der Waals surface area (Å²) in [5.74, 6) is -1.33. The number of carboxylic acid groups (broad SMARTS) is 1. The molecule has 2 rings (SSSR count). The molecule has 248 valence electrons. The van der Waals surface area contributed by atoms with Crippen LogP contribution in [-0.4, -0.2) is 75.5 Å². The Hall–Kier alpha value is -4.37. The highest BCUT2D eigenvalue weighted by Gasteiger charge is 2.29. The monoisotopic (exact) mass is 650 g/mol. The van der Waals surface area contributed by atoms with Crippen molar-refractivity contribution in [2.24, 2.45) is 0 Å². The van der Waals surface area contributed by atoms with Gasteiger partial charge in [0.1, 0.15) is 24.0 Å². The number of hydrogen-bond donors (Lipinski definition) is 5. The highest BCUT2D eigenvalue weighted by molar-refractivity contribution is 7.89. The minimum atomic E-state index is -4.30. The summed E-state index contributed by atoms with van der Waals surface area (Å²) in [4.78, 5) is 47.3. The van der Waals surface area contributed by atoms with Crippen molar-refractivity contribution in [2.45, 2.75) is 70.6 Å². The summed E-state index contributed by atoms with van der Waals surface area (Å²) in [6.07, 6.45) is -0.921. The molecule has 0 radical (unpaired) electrons. The Bertz CT molecular complexity index is 1400. The average Bonchev–Trinajstić information content (AvgIpc) is 2.93. The number of hydrogen-bond acceptors (Lipinski definition) is 9. The molecular formula is C30H42N4O10S. The van der Waals surface area contributed by atoms with Crippen molar-refractivity contribution in [1.29, 1.82) is 0 Å². The van der Waals surface area contributed by atoms with Crippen LogP contribution in [-0.2, 0) is 35.7 Å². The molecule has 5 N–H and O–H groups in total.